The fourth-order valence-corrected chi connectivity index (χ4v) is 4.61. The number of thiazole rings is 1. The first-order chi connectivity index (χ1) is 11.9. The summed E-state index contributed by atoms with van der Waals surface area (Å²) in [7, 11) is 0. The lowest BCUT2D eigenvalue weighted by atomic mass is 10.2. The van der Waals surface area contributed by atoms with Crippen LogP contribution < -0.4 is 5.32 Å². The van der Waals surface area contributed by atoms with Crippen molar-refractivity contribution in [1.82, 2.24) is 4.98 Å². The standard InChI is InChI=1S/C17H11Cl2FN2OS2/c1-9(23)21-17-22-15(13-7-4-11(20)8-14(13)19)16(25-17)24-12-5-2-10(18)3-6-12/h2-8H,1H3,(H,21,22,23). The van der Waals surface area contributed by atoms with E-state index in [4.69, 9.17) is 23.2 Å². The summed E-state index contributed by atoms with van der Waals surface area (Å²) < 4.78 is 14.2. The molecule has 0 aliphatic carbocycles. The van der Waals surface area contributed by atoms with Crippen LogP contribution in [0, 0.1) is 5.82 Å². The highest BCUT2D eigenvalue weighted by molar-refractivity contribution is 8.01. The zero-order chi connectivity index (χ0) is 18.0. The zero-order valence-corrected chi connectivity index (χ0v) is 16.0. The summed E-state index contributed by atoms with van der Waals surface area (Å²) in [6, 6.07) is 11.5. The summed E-state index contributed by atoms with van der Waals surface area (Å²) in [4.78, 5) is 16.8. The maximum absolute atomic E-state index is 13.3. The number of nitrogens with one attached hydrogen (secondary N) is 1. The zero-order valence-electron chi connectivity index (χ0n) is 12.8. The Kier molecular flexibility index (Phi) is 5.64. The van der Waals surface area contributed by atoms with Gasteiger partial charge < -0.3 is 5.32 Å². The third kappa shape index (κ3) is 4.52. The second-order valence-electron chi connectivity index (χ2n) is 5.02. The lowest BCUT2D eigenvalue weighted by molar-refractivity contribution is -0.114. The summed E-state index contributed by atoms with van der Waals surface area (Å²) in [5.74, 6) is -0.633. The number of benzene rings is 2. The van der Waals surface area contributed by atoms with Gasteiger partial charge in [-0.25, -0.2) is 9.37 Å². The molecule has 1 amide bonds. The molecule has 1 heterocycles. The SMILES string of the molecule is CC(=O)Nc1nc(-c2ccc(F)cc2Cl)c(Sc2ccc(Cl)cc2)s1. The van der Waals surface area contributed by atoms with Crippen LogP contribution in [0.2, 0.25) is 10.0 Å². The molecular formula is C17H11Cl2FN2OS2. The third-order valence-corrected chi connectivity index (χ3v) is 5.81. The minimum absolute atomic E-state index is 0.214. The van der Waals surface area contributed by atoms with E-state index < -0.39 is 5.82 Å². The molecule has 0 fully saturated rings. The van der Waals surface area contributed by atoms with E-state index in [1.807, 2.05) is 12.1 Å². The molecule has 0 aliphatic heterocycles. The van der Waals surface area contributed by atoms with Crippen molar-refractivity contribution in [3.63, 3.8) is 0 Å². The van der Waals surface area contributed by atoms with Crippen molar-refractivity contribution in [3.05, 3.63) is 58.3 Å². The molecule has 0 bridgehead atoms. The lowest BCUT2D eigenvalue weighted by Crippen LogP contribution is -2.04. The Bertz CT molecular complexity index is 929. The number of aromatic nitrogens is 1. The Balaban J connectivity index is 2.04. The maximum Gasteiger partial charge on any atom is 0.223 e. The summed E-state index contributed by atoms with van der Waals surface area (Å²) >= 11 is 14.9. The fraction of sp³-hybridized carbons (Fsp3) is 0.0588. The van der Waals surface area contributed by atoms with Gasteiger partial charge in [-0.15, -0.1) is 0 Å². The number of carbonyl (C=O) groups is 1. The molecule has 1 N–H and O–H groups in total. The van der Waals surface area contributed by atoms with Gasteiger partial charge in [0.25, 0.3) is 0 Å². The highest BCUT2D eigenvalue weighted by Crippen LogP contribution is 2.43. The van der Waals surface area contributed by atoms with Gasteiger partial charge in [-0.2, -0.15) is 0 Å². The fourth-order valence-electron chi connectivity index (χ4n) is 2.04. The van der Waals surface area contributed by atoms with Gasteiger partial charge in [0.15, 0.2) is 5.13 Å². The highest BCUT2D eigenvalue weighted by atomic mass is 35.5. The first-order valence-electron chi connectivity index (χ1n) is 7.09. The molecule has 0 saturated heterocycles. The molecule has 0 saturated carbocycles. The molecule has 2 aromatic carbocycles. The molecule has 0 atom stereocenters. The number of anilines is 1. The van der Waals surface area contributed by atoms with Crippen LogP contribution in [0.3, 0.4) is 0 Å². The Hall–Kier alpha value is -1.60. The molecule has 0 spiro atoms. The van der Waals surface area contributed by atoms with Crippen LogP contribution in [0.5, 0.6) is 0 Å². The van der Waals surface area contributed by atoms with Crippen LogP contribution in [-0.4, -0.2) is 10.9 Å². The normalized spacial score (nSPS) is 10.7. The van der Waals surface area contributed by atoms with Crippen LogP contribution in [-0.2, 0) is 4.79 Å². The van der Waals surface area contributed by atoms with E-state index in [0.29, 0.717) is 21.4 Å². The first kappa shape index (κ1) is 18.2. The smallest absolute Gasteiger partial charge is 0.223 e. The molecule has 0 aliphatic rings. The van der Waals surface area contributed by atoms with Crippen molar-refractivity contribution >= 4 is 57.3 Å². The van der Waals surface area contributed by atoms with Crippen LogP contribution >= 0.6 is 46.3 Å². The molecule has 8 heteroatoms. The summed E-state index contributed by atoms with van der Waals surface area (Å²) in [6.45, 7) is 1.41. The van der Waals surface area contributed by atoms with Gasteiger partial charge in [0, 0.05) is 22.4 Å². The summed E-state index contributed by atoms with van der Waals surface area (Å²) in [5, 5.41) is 4.04. The molecule has 0 radical (unpaired) electrons. The van der Waals surface area contributed by atoms with E-state index >= 15 is 0 Å². The van der Waals surface area contributed by atoms with Crippen molar-refractivity contribution in [3.8, 4) is 11.3 Å². The third-order valence-electron chi connectivity index (χ3n) is 3.09. The van der Waals surface area contributed by atoms with Gasteiger partial charge in [0.05, 0.1) is 14.9 Å². The molecule has 0 unspecified atom stereocenters. The number of halogens is 3. The second kappa shape index (κ2) is 7.74. The average Bonchev–Trinajstić information content (AvgIpc) is 2.91. The van der Waals surface area contributed by atoms with E-state index in [0.717, 1.165) is 9.10 Å². The van der Waals surface area contributed by atoms with Crippen LogP contribution in [0.25, 0.3) is 11.3 Å². The number of hydrogen-bond acceptors (Lipinski definition) is 4. The molecule has 3 aromatic rings. The number of amides is 1. The van der Waals surface area contributed by atoms with Crippen molar-refractivity contribution in [1.29, 1.82) is 0 Å². The second-order valence-corrected chi connectivity index (χ2v) is 8.20. The quantitative estimate of drug-likeness (QED) is 0.541. The minimum Gasteiger partial charge on any atom is -0.302 e. The van der Waals surface area contributed by atoms with Crippen molar-refractivity contribution in [2.45, 2.75) is 16.0 Å². The van der Waals surface area contributed by atoms with Crippen LogP contribution in [0.15, 0.2) is 51.6 Å². The van der Waals surface area contributed by atoms with Crippen molar-refractivity contribution in [2.75, 3.05) is 5.32 Å². The first-order valence-corrected chi connectivity index (χ1v) is 9.48. The number of hydrogen-bond donors (Lipinski definition) is 1. The van der Waals surface area contributed by atoms with Gasteiger partial charge in [-0.1, -0.05) is 46.3 Å². The Morgan fingerprint density at radius 2 is 1.92 bits per heavy atom. The number of rotatable bonds is 4. The van der Waals surface area contributed by atoms with Gasteiger partial charge in [0.2, 0.25) is 5.91 Å². The topological polar surface area (TPSA) is 42.0 Å². The Morgan fingerprint density at radius 3 is 2.56 bits per heavy atom. The van der Waals surface area contributed by atoms with Gasteiger partial charge in [0.1, 0.15) is 5.82 Å². The highest BCUT2D eigenvalue weighted by Gasteiger charge is 2.18. The van der Waals surface area contributed by atoms with Crippen LogP contribution in [0.4, 0.5) is 9.52 Å². The Labute approximate surface area is 162 Å². The van der Waals surface area contributed by atoms with E-state index in [1.165, 1.54) is 42.2 Å². The molecule has 3 rings (SSSR count). The monoisotopic (exact) mass is 412 g/mol. The number of nitrogens with zero attached hydrogens (tertiary/aromatic N) is 1. The van der Waals surface area contributed by atoms with E-state index in [1.54, 1.807) is 18.2 Å². The predicted octanol–water partition coefficient (Wildman–Crippen LogP) is 6.37. The van der Waals surface area contributed by atoms with E-state index in [-0.39, 0.29) is 10.9 Å². The summed E-state index contributed by atoms with van der Waals surface area (Å²) in [6.07, 6.45) is 0. The number of carbonyl (C=O) groups excluding carboxylic acids is 1. The molecule has 1 aromatic heterocycles. The van der Waals surface area contributed by atoms with Gasteiger partial charge in [-0.05, 0) is 42.5 Å². The average molecular weight is 413 g/mol. The minimum atomic E-state index is -0.419. The lowest BCUT2D eigenvalue weighted by Gasteiger charge is -2.05. The van der Waals surface area contributed by atoms with Crippen molar-refractivity contribution < 1.29 is 9.18 Å². The van der Waals surface area contributed by atoms with Crippen molar-refractivity contribution in [2.24, 2.45) is 0 Å². The molecule has 128 valence electrons. The van der Waals surface area contributed by atoms with E-state index in [9.17, 15) is 9.18 Å². The molecule has 25 heavy (non-hydrogen) atoms. The molecular weight excluding hydrogens is 402 g/mol. The maximum atomic E-state index is 13.3. The van der Waals surface area contributed by atoms with E-state index in [2.05, 4.69) is 10.3 Å². The molecule has 3 nitrogen and oxygen atoms in total. The van der Waals surface area contributed by atoms with Gasteiger partial charge in [-0.3, -0.25) is 4.79 Å². The predicted molar refractivity (Wildman–Crippen MR) is 102 cm³/mol. The van der Waals surface area contributed by atoms with Gasteiger partial charge >= 0.3 is 0 Å². The largest absolute Gasteiger partial charge is 0.302 e. The van der Waals surface area contributed by atoms with Crippen LogP contribution in [0.1, 0.15) is 6.92 Å². The summed E-state index contributed by atoms with van der Waals surface area (Å²) in [5.41, 5.74) is 1.20. The Morgan fingerprint density at radius 1 is 1.20 bits per heavy atom.